The Morgan fingerprint density at radius 1 is 1.40 bits per heavy atom. The van der Waals surface area contributed by atoms with E-state index in [2.05, 4.69) is 20.2 Å². The molecule has 2 rings (SSSR count). The zero-order valence-electron chi connectivity index (χ0n) is 11.3. The van der Waals surface area contributed by atoms with E-state index in [0.29, 0.717) is 12.8 Å². The van der Waals surface area contributed by atoms with Gasteiger partial charge in [-0.2, -0.15) is 0 Å². The predicted molar refractivity (Wildman–Crippen MR) is 72.2 cm³/mol. The van der Waals surface area contributed by atoms with Crippen LogP contribution < -0.4 is 10.2 Å². The van der Waals surface area contributed by atoms with Crippen LogP contribution in [0, 0.1) is 5.92 Å². The molecule has 0 bridgehead atoms. The Hall–Kier alpha value is -2.18. The highest BCUT2D eigenvalue weighted by molar-refractivity contribution is 5.84. The molecule has 7 heteroatoms. The highest BCUT2D eigenvalue weighted by atomic mass is 16.4. The van der Waals surface area contributed by atoms with Gasteiger partial charge in [-0.3, -0.25) is 14.6 Å². The average molecular weight is 278 g/mol. The lowest BCUT2D eigenvalue weighted by atomic mass is 9.95. The van der Waals surface area contributed by atoms with Crippen molar-refractivity contribution in [1.82, 2.24) is 15.3 Å². The minimum Gasteiger partial charge on any atom is -0.480 e. The van der Waals surface area contributed by atoms with Crippen molar-refractivity contribution in [3.05, 3.63) is 18.6 Å². The summed E-state index contributed by atoms with van der Waals surface area (Å²) in [5.74, 6) is -0.524. The van der Waals surface area contributed by atoms with Gasteiger partial charge in [0.1, 0.15) is 11.9 Å². The standard InChI is InChI=1S/C13H18N4O3/c1-9(13(19)20)16-12(18)10-2-6-17(7-3-10)11-8-14-4-5-15-11/h4-5,8-10H,2-3,6-7H2,1H3,(H,16,18)(H,19,20)/t9-/m0/s1. The van der Waals surface area contributed by atoms with Gasteiger partial charge in [0.25, 0.3) is 0 Å². The number of hydrogen-bond acceptors (Lipinski definition) is 5. The van der Waals surface area contributed by atoms with Crippen LogP contribution in [0.2, 0.25) is 0 Å². The van der Waals surface area contributed by atoms with Crippen LogP contribution in [0.4, 0.5) is 5.82 Å². The number of carboxylic acid groups (broad SMARTS) is 1. The van der Waals surface area contributed by atoms with Gasteiger partial charge in [-0.25, -0.2) is 4.98 Å². The van der Waals surface area contributed by atoms with Gasteiger partial charge in [-0.05, 0) is 19.8 Å². The van der Waals surface area contributed by atoms with E-state index in [-0.39, 0.29) is 11.8 Å². The van der Waals surface area contributed by atoms with Crippen molar-refractivity contribution in [2.45, 2.75) is 25.8 Å². The molecule has 1 fully saturated rings. The maximum Gasteiger partial charge on any atom is 0.325 e. The molecule has 2 heterocycles. The van der Waals surface area contributed by atoms with Crippen molar-refractivity contribution < 1.29 is 14.7 Å². The van der Waals surface area contributed by atoms with Gasteiger partial charge in [0.2, 0.25) is 5.91 Å². The lowest BCUT2D eigenvalue weighted by Gasteiger charge is -2.32. The summed E-state index contributed by atoms with van der Waals surface area (Å²) in [5.41, 5.74) is 0. The number of aromatic nitrogens is 2. The summed E-state index contributed by atoms with van der Waals surface area (Å²) in [6.45, 7) is 2.91. The van der Waals surface area contributed by atoms with Crippen LogP contribution in [0.25, 0.3) is 0 Å². The van der Waals surface area contributed by atoms with Crippen molar-refractivity contribution in [3.63, 3.8) is 0 Å². The number of hydrogen-bond donors (Lipinski definition) is 2. The molecule has 20 heavy (non-hydrogen) atoms. The van der Waals surface area contributed by atoms with E-state index in [9.17, 15) is 9.59 Å². The number of rotatable bonds is 4. The summed E-state index contributed by atoms with van der Waals surface area (Å²) in [6.07, 6.45) is 6.34. The number of aliphatic carboxylic acids is 1. The number of amides is 1. The van der Waals surface area contributed by atoms with Crippen molar-refractivity contribution in [3.8, 4) is 0 Å². The topological polar surface area (TPSA) is 95.4 Å². The van der Waals surface area contributed by atoms with Gasteiger partial charge in [-0.1, -0.05) is 0 Å². The summed E-state index contributed by atoms with van der Waals surface area (Å²) in [4.78, 5) is 33.0. The number of piperidine rings is 1. The van der Waals surface area contributed by atoms with E-state index in [0.717, 1.165) is 18.9 Å². The molecule has 0 aromatic carbocycles. The van der Waals surface area contributed by atoms with Gasteiger partial charge in [0.05, 0.1) is 6.20 Å². The number of nitrogens with zero attached hydrogens (tertiary/aromatic N) is 3. The van der Waals surface area contributed by atoms with E-state index >= 15 is 0 Å². The van der Waals surface area contributed by atoms with E-state index < -0.39 is 12.0 Å². The number of carboxylic acids is 1. The molecule has 0 aliphatic carbocycles. The van der Waals surface area contributed by atoms with Gasteiger partial charge in [-0.15, -0.1) is 0 Å². The fourth-order valence-electron chi connectivity index (χ4n) is 2.22. The van der Waals surface area contributed by atoms with E-state index in [1.54, 1.807) is 18.6 Å². The molecule has 108 valence electrons. The van der Waals surface area contributed by atoms with Crippen molar-refractivity contribution in [2.24, 2.45) is 5.92 Å². The quantitative estimate of drug-likeness (QED) is 0.821. The Labute approximate surface area is 117 Å². The van der Waals surface area contributed by atoms with Crippen molar-refractivity contribution in [1.29, 1.82) is 0 Å². The largest absolute Gasteiger partial charge is 0.480 e. The highest BCUT2D eigenvalue weighted by Gasteiger charge is 2.27. The maximum absolute atomic E-state index is 11.9. The molecule has 0 saturated carbocycles. The predicted octanol–water partition coefficient (Wildman–Crippen LogP) is 0.282. The molecule has 1 aliphatic rings. The highest BCUT2D eigenvalue weighted by Crippen LogP contribution is 2.21. The minimum atomic E-state index is -1.02. The third-order valence-electron chi connectivity index (χ3n) is 3.47. The number of carbonyl (C=O) groups is 2. The molecular weight excluding hydrogens is 260 g/mol. The smallest absolute Gasteiger partial charge is 0.325 e. The summed E-state index contributed by atoms with van der Waals surface area (Å²) in [7, 11) is 0. The number of nitrogens with one attached hydrogen (secondary N) is 1. The monoisotopic (exact) mass is 278 g/mol. The molecule has 0 unspecified atom stereocenters. The third kappa shape index (κ3) is 3.43. The fraction of sp³-hybridized carbons (Fsp3) is 0.538. The Morgan fingerprint density at radius 2 is 2.10 bits per heavy atom. The first-order chi connectivity index (χ1) is 9.58. The minimum absolute atomic E-state index is 0.135. The second-order valence-corrected chi connectivity index (χ2v) is 4.89. The third-order valence-corrected chi connectivity index (χ3v) is 3.47. The normalized spacial score (nSPS) is 17.6. The van der Waals surface area contributed by atoms with Crippen LogP contribution in [-0.2, 0) is 9.59 Å². The number of anilines is 1. The Kier molecular flexibility index (Phi) is 4.49. The van der Waals surface area contributed by atoms with Crippen LogP contribution in [0.1, 0.15) is 19.8 Å². The molecule has 1 aliphatic heterocycles. The van der Waals surface area contributed by atoms with E-state index in [4.69, 9.17) is 5.11 Å². The molecule has 1 aromatic rings. The lowest BCUT2D eigenvalue weighted by Crippen LogP contribution is -2.45. The first-order valence-corrected chi connectivity index (χ1v) is 6.62. The van der Waals surface area contributed by atoms with Crippen LogP contribution >= 0.6 is 0 Å². The summed E-state index contributed by atoms with van der Waals surface area (Å²) < 4.78 is 0. The second kappa shape index (κ2) is 6.31. The van der Waals surface area contributed by atoms with Crippen LogP contribution in [0.5, 0.6) is 0 Å². The van der Waals surface area contributed by atoms with Crippen molar-refractivity contribution in [2.75, 3.05) is 18.0 Å². The first kappa shape index (κ1) is 14.2. The van der Waals surface area contributed by atoms with Gasteiger partial charge in [0, 0.05) is 31.4 Å². The Bertz CT molecular complexity index is 472. The fourth-order valence-corrected chi connectivity index (χ4v) is 2.22. The molecule has 0 radical (unpaired) electrons. The molecule has 2 N–H and O–H groups in total. The summed E-state index contributed by atoms with van der Waals surface area (Å²) in [5, 5.41) is 11.3. The van der Waals surface area contributed by atoms with Crippen molar-refractivity contribution >= 4 is 17.7 Å². The molecule has 1 saturated heterocycles. The van der Waals surface area contributed by atoms with Crippen LogP contribution in [0.3, 0.4) is 0 Å². The molecule has 0 spiro atoms. The lowest BCUT2D eigenvalue weighted by molar-refractivity contribution is -0.142. The molecule has 1 amide bonds. The SMILES string of the molecule is C[C@H](NC(=O)C1CCN(c2cnccn2)CC1)C(=O)O. The summed E-state index contributed by atoms with van der Waals surface area (Å²) in [6, 6.07) is -0.847. The van der Waals surface area contributed by atoms with Gasteiger partial charge >= 0.3 is 5.97 Å². The van der Waals surface area contributed by atoms with E-state index in [1.807, 2.05) is 0 Å². The zero-order valence-corrected chi connectivity index (χ0v) is 11.3. The van der Waals surface area contributed by atoms with E-state index in [1.165, 1.54) is 6.92 Å². The maximum atomic E-state index is 11.9. The average Bonchev–Trinajstić information content (AvgIpc) is 2.48. The first-order valence-electron chi connectivity index (χ1n) is 6.62. The van der Waals surface area contributed by atoms with Crippen LogP contribution in [-0.4, -0.2) is 46.1 Å². The Balaban J connectivity index is 1.85. The van der Waals surface area contributed by atoms with Gasteiger partial charge < -0.3 is 15.3 Å². The summed E-state index contributed by atoms with van der Waals surface area (Å²) >= 11 is 0. The number of carbonyl (C=O) groups excluding carboxylic acids is 1. The van der Waals surface area contributed by atoms with Crippen LogP contribution in [0.15, 0.2) is 18.6 Å². The molecule has 1 atom stereocenters. The molecule has 7 nitrogen and oxygen atoms in total. The molecular formula is C13H18N4O3. The Morgan fingerprint density at radius 3 is 2.65 bits per heavy atom. The second-order valence-electron chi connectivity index (χ2n) is 4.89. The zero-order chi connectivity index (χ0) is 14.5. The molecule has 1 aromatic heterocycles. The van der Waals surface area contributed by atoms with Gasteiger partial charge in [0.15, 0.2) is 0 Å².